The second-order valence-electron chi connectivity index (χ2n) is 8.55. The summed E-state index contributed by atoms with van der Waals surface area (Å²) >= 11 is 0. The molecule has 2 unspecified atom stereocenters. The maximum atomic E-state index is 13.3. The second-order valence-corrected chi connectivity index (χ2v) is 11.7. The first-order valence-electron chi connectivity index (χ1n) is 10.8. The molecule has 0 aliphatic heterocycles. The van der Waals surface area contributed by atoms with Crippen molar-refractivity contribution in [3.63, 3.8) is 0 Å². The number of phenols is 1. The third-order valence-electron chi connectivity index (χ3n) is 4.51. The number of unbranched alkanes of at least 4 members (excludes halogenated alkanes) is 4. The first kappa shape index (κ1) is 28.2. The van der Waals surface area contributed by atoms with E-state index in [-0.39, 0.29) is 24.7 Å². The number of aryl methyl sites for hydroxylation is 1. The Balaban J connectivity index is 3.07. The minimum atomic E-state index is -4.68. The Morgan fingerprint density at radius 3 is 2.13 bits per heavy atom. The molecular formula is C21H38O8P2. The SMILES string of the molecule is CCCCCCOP(=O)(O)OP(=O)(OCCCC)Oc1cc(C(C)(C)C)c(O)cc1C. The monoisotopic (exact) mass is 480 g/mol. The van der Waals surface area contributed by atoms with Crippen LogP contribution in [0.1, 0.15) is 84.3 Å². The lowest BCUT2D eigenvalue weighted by atomic mass is 9.85. The standard InChI is InChI=1S/C21H38O8P2/c1-7-9-11-12-14-26-30(23,24)29-31(25,27-13-10-8-2)28-20-16-18(21(4,5)6)19(22)15-17(20)3/h15-16,22H,7-14H2,1-6H3,(H,23,24). The third kappa shape index (κ3) is 10.1. The number of rotatable bonds is 14. The predicted octanol–water partition coefficient (Wildman–Crippen LogP) is 7.02. The second kappa shape index (κ2) is 12.4. The number of phenolic OH excluding ortho intramolecular Hbond substituents is 1. The number of phosphoric ester groups is 2. The van der Waals surface area contributed by atoms with E-state index >= 15 is 0 Å². The fourth-order valence-electron chi connectivity index (χ4n) is 2.74. The molecule has 2 atom stereocenters. The zero-order valence-electron chi connectivity index (χ0n) is 19.5. The average Bonchev–Trinajstić information content (AvgIpc) is 2.62. The maximum absolute atomic E-state index is 13.3. The van der Waals surface area contributed by atoms with Crippen LogP contribution < -0.4 is 4.52 Å². The van der Waals surface area contributed by atoms with Crippen LogP contribution in [-0.4, -0.2) is 23.2 Å². The van der Waals surface area contributed by atoms with Gasteiger partial charge in [-0.25, -0.2) is 9.13 Å². The molecule has 1 aromatic rings. The molecule has 2 N–H and O–H groups in total. The van der Waals surface area contributed by atoms with Gasteiger partial charge in [0.2, 0.25) is 0 Å². The van der Waals surface area contributed by atoms with E-state index in [9.17, 15) is 19.1 Å². The minimum absolute atomic E-state index is 0.00481. The molecule has 8 nitrogen and oxygen atoms in total. The summed E-state index contributed by atoms with van der Waals surface area (Å²) in [6.45, 7) is 11.4. The quantitative estimate of drug-likeness (QED) is 0.216. The number of phosphoric acid groups is 2. The molecule has 1 rings (SSSR count). The lowest BCUT2D eigenvalue weighted by molar-refractivity contribution is 0.155. The van der Waals surface area contributed by atoms with Crippen molar-refractivity contribution in [2.45, 2.75) is 85.5 Å². The molecule has 0 heterocycles. The van der Waals surface area contributed by atoms with Crippen molar-refractivity contribution < 1.29 is 37.0 Å². The van der Waals surface area contributed by atoms with E-state index in [4.69, 9.17) is 17.9 Å². The first-order chi connectivity index (χ1) is 14.3. The highest BCUT2D eigenvalue weighted by Gasteiger charge is 2.40. The zero-order valence-corrected chi connectivity index (χ0v) is 21.3. The van der Waals surface area contributed by atoms with Gasteiger partial charge in [-0.2, -0.15) is 4.31 Å². The van der Waals surface area contributed by atoms with Gasteiger partial charge in [-0.3, -0.25) is 9.05 Å². The Labute approximate surface area is 186 Å². The summed E-state index contributed by atoms with van der Waals surface area (Å²) in [6.07, 6.45) is 4.75. The van der Waals surface area contributed by atoms with Gasteiger partial charge in [0.15, 0.2) is 0 Å². The van der Waals surface area contributed by atoms with Gasteiger partial charge < -0.3 is 14.5 Å². The van der Waals surface area contributed by atoms with Crippen molar-refractivity contribution in [1.29, 1.82) is 0 Å². The van der Waals surface area contributed by atoms with Crippen LogP contribution in [0, 0.1) is 6.92 Å². The number of benzene rings is 1. The minimum Gasteiger partial charge on any atom is -0.508 e. The van der Waals surface area contributed by atoms with Crippen LogP contribution in [0.2, 0.25) is 0 Å². The van der Waals surface area contributed by atoms with Gasteiger partial charge >= 0.3 is 15.6 Å². The molecule has 0 aliphatic rings. The van der Waals surface area contributed by atoms with Crippen LogP contribution in [0.4, 0.5) is 0 Å². The summed E-state index contributed by atoms with van der Waals surface area (Å²) in [5.41, 5.74) is 0.617. The highest BCUT2D eigenvalue weighted by atomic mass is 31.3. The highest BCUT2D eigenvalue weighted by Crippen LogP contribution is 2.63. The Morgan fingerprint density at radius 2 is 1.55 bits per heavy atom. The Hall–Kier alpha value is -0.880. The van der Waals surface area contributed by atoms with Crippen LogP contribution >= 0.6 is 15.6 Å². The average molecular weight is 480 g/mol. The van der Waals surface area contributed by atoms with Crippen molar-refractivity contribution in [2.75, 3.05) is 13.2 Å². The third-order valence-corrected chi connectivity index (χ3v) is 7.57. The number of aromatic hydroxyl groups is 1. The summed E-state index contributed by atoms with van der Waals surface area (Å²) in [7, 11) is -9.17. The van der Waals surface area contributed by atoms with Gasteiger partial charge in [0, 0.05) is 5.56 Å². The van der Waals surface area contributed by atoms with E-state index in [1.54, 1.807) is 6.92 Å². The molecule has 180 valence electrons. The molecule has 0 aliphatic carbocycles. The van der Waals surface area contributed by atoms with Crippen molar-refractivity contribution in [1.82, 2.24) is 0 Å². The zero-order chi connectivity index (χ0) is 23.7. The summed E-state index contributed by atoms with van der Waals surface area (Å²) in [4.78, 5) is 10.1. The molecule has 10 heteroatoms. The summed E-state index contributed by atoms with van der Waals surface area (Å²) in [5.74, 6) is 0.203. The van der Waals surface area contributed by atoms with Crippen LogP contribution in [0.15, 0.2) is 12.1 Å². The molecule has 0 aromatic heterocycles. The van der Waals surface area contributed by atoms with Gasteiger partial charge in [-0.05, 0) is 42.9 Å². The van der Waals surface area contributed by atoms with Crippen LogP contribution in [0.3, 0.4) is 0 Å². The van der Waals surface area contributed by atoms with E-state index in [0.717, 1.165) is 25.7 Å². The Bertz CT molecular complexity index is 788. The predicted molar refractivity (Wildman–Crippen MR) is 122 cm³/mol. The number of hydrogen-bond donors (Lipinski definition) is 2. The highest BCUT2D eigenvalue weighted by molar-refractivity contribution is 7.61. The Kier molecular flexibility index (Phi) is 11.2. The number of hydrogen-bond acceptors (Lipinski definition) is 7. The van der Waals surface area contributed by atoms with E-state index in [2.05, 4.69) is 6.92 Å². The van der Waals surface area contributed by atoms with Gasteiger partial charge in [0.05, 0.1) is 13.2 Å². The van der Waals surface area contributed by atoms with Crippen LogP contribution in [0.5, 0.6) is 11.5 Å². The van der Waals surface area contributed by atoms with Gasteiger partial charge in [0.1, 0.15) is 11.5 Å². The molecule has 0 radical (unpaired) electrons. The molecule has 0 saturated heterocycles. The molecule has 0 bridgehead atoms. The Morgan fingerprint density at radius 1 is 0.935 bits per heavy atom. The van der Waals surface area contributed by atoms with Crippen LogP contribution in [0.25, 0.3) is 0 Å². The summed E-state index contributed by atoms with van der Waals surface area (Å²) in [5, 5.41) is 10.3. The lowest BCUT2D eigenvalue weighted by Gasteiger charge is -2.25. The van der Waals surface area contributed by atoms with E-state index in [1.807, 2.05) is 27.7 Å². The molecule has 31 heavy (non-hydrogen) atoms. The topological polar surface area (TPSA) is 112 Å². The summed E-state index contributed by atoms with van der Waals surface area (Å²) < 4.78 is 46.4. The fraction of sp³-hybridized carbons (Fsp3) is 0.714. The fourth-order valence-corrected chi connectivity index (χ4v) is 5.46. The van der Waals surface area contributed by atoms with Crippen molar-refractivity contribution in [3.8, 4) is 11.5 Å². The lowest BCUT2D eigenvalue weighted by Crippen LogP contribution is -2.12. The molecule has 0 fully saturated rings. The molecule has 0 amide bonds. The first-order valence-corrected chi connectivity index (χ1v) is 13.8. The largest absolute Gasteiger partial charge is 0.539 e. The van der Waals surface area contributed by atoms with Gasteiger partial charge in [0.25, 0.3) is 0 Å². The van der Waals surface area contributed by atoms with Gasteiger partial charge in [-0.1, -0.05) is 60.3 Å². The van der Waals surface area contributed by atoms with E-state index < -0.39 is 21.1 Å². The smallest absolute Gasteiger partial charge is 0.508 e. The summed E-state index contributed by atoms with van der Waals surface area (Å²) in [6, 6.07) is 3.02. The van der Waals surface area contributed by atoms with Crippen molar-refractivity contribution in [3.05, 3.63) is 23.3 Å². The molecular weight excluding hydrogens is 442 g/mol. The molecule has 1 aromatic carbocycles. The van der Waals surface area contributed by atoms with Crippen molar-refractivity contribution >= 4 is 15.6 Å². The molecule has 0 spiro atoms. The molecule has 0 saturated carbocycles. The van der Waals surface area contributed by atoms with Crippen LogP contribution in [-0.2, 0) is 27.9 Å². The van der Waals surface area contributed by atoms with E-state index in [0.29, 0.717) is 24.0 Å². The van der Waals surface area contributed by atoms with Gasteiger partial charge in [-0.15, -0.1) is 0 Å². The van der Waals surface area contributed by atoms with E-state index in [1.165, 1.54) is 12.1 Å². The van der Waals surface area contributed by atoms with Crippen molar-refractivity contribution in [2.24, 2.45) is 0 Å². The maximum Gasteiger partial charge on any atom is 0.539 e. The normalized spacial score (nSPS) is 16.0.